The van der Waals surface area contributed by atoms with Crippen molar-refractivity contribution in [3.05, 3.63) is 11.7 Å². The molecular formula is C14H26N4O. The summed E-state index contributed by atoms with van der Waals surface area (Å²) in [5.74, 6) is 2.79. The Morgan fingerprint density at radius 3 is 2.68 bits per heavy atom. The number of piperidine rings is 1. The Morgan fingerprint density at radius 1 is 1.37 bits per heavy atom. The van der Waals surface area contributed by atoms with Gasteiger partial charge in [-0.05, 0) is 51.9 Å². The number of likely N-dealkylation sites (tertiary alicyclic amines) is 1. The van der Waals surface area contributed by atoms with Gasteiger partial charge in [0.15, 0.2) is 5.82 Å². The van der Waals surface area contributed by atoms with Crippen LogP contribution in [0.3, 0.4) is 0 Å². The van der Waals surface area contributed by atoms with Crippen molar-refractivity contribution < 1.29 is 4.52 Å². The van der Waals surface area contributed by atoms with Gasteiger partial charge in [-0.3, -0.25) is 4.90 Å². The lowest BCUT2D eigenvalue weighted by atomic mass is 9.93. The van der Waals surface area contributed by atoms with Crippen molar-refractivity contribution in [3.63, 3.8) is 0 Å². The van der Waals surface area contributed by atoms with Crippen LogP contribution in [0.25, 0.3) is 0 Å². The molecule has 0 saturated carbocycles. The van der Waals surface area contributed by atoms with Crippen molar-refractivity contribution >= 4 is 0 Å². The van der Waals surface area contributed by atoms with Crippen LogP contribution in [0.15, 0.2) is 4.52 Å². The summed E-state index contributed by atoms with van der Waals surface area (Å²) in [4.78, 5) is 6.87. The quantitative estimate of drug-likeness (QED) is 0.853. The Hall–Kier alpha value is -0.940. The molecule has 1 N–H and O–H groups in total. The van der Waals surface area contributed by atoms with Crippen LogP contribution in [0.4, 0.5) is 0 Å². The van der Waals surface area contributed by atoms with E-state index in [4.69, 9.17) is 4.52 Å². The highest BCUT2D eigenvalue weighted by Crippen LogP contribution is 2.21. The van der Waals surface area contributed by atoms with Gasteiger partial charge in [0.2, 0.25) is 5.89 Å². The molecule has 1 fully saturated rings. The van der Waals surface area contributed by atoms with E-state index in [-0.39, 0.29) is 0 Å². The first-order chi connectivity index (χ1) is 9.19. The molecule has 0 radical (unpaired) electrons. The van der Waals surface area contributed by atoms with Gasteiger partial charge in [0.1, 0.15) is 0 Å². The van der Waals surface area contributed by atoms with Gasteiger partial charge in [-0.1, -0.05) is 19.0 Å². The SMILES string of the molecule is CNCCC1CCN(Cc2nc(C(C)C)no2)CC1. The smallest absolute Gasteiger partial charge is 0.240 e. The Labute approximate surface area is 115 Å². The highest BCUT2D eigenvalue weighted by atomic mass is 16.5. The second-order valence-electron chi connectivity index (χ2n) is 5.81. The third-order valence-corrected chi connectivity index (χ3v) is 3.87. The average Bonchev–Trinajstić information content (AvgIpc) is 2.87. The lowest BCUT2D eigenvalue weighted by Gasteiger charge is -2.30. The van der Waals surface area contributed by atoms with Gasteiger partial charge in [-0.2, -0.15) is 4.98 Å². The van der Waals surface area contributed by atoms with Crippen molar-refractivity contribution in [3.8, 4) is 0 Å². The first-order valence-corrected chi connectivity index (χ1v) is 7.38. The van der Waals surface area contributed by atoms with Crippen molar-refractivity contribution in [1.82, 2.24) is 20.4 Å². The van der Waals surface area contributed by atoms with Gasteiger partial charge in [-0.25, -0.2) is 0 Å². The highest BCUT2D eigenvalue weighted by Gasteiger charge is 2.20. The van der Waals surface area contributed by atoms with E-state index in [1.165, 1.54) is 19.3 Å². The van der Waals surface area contributed by atoms with Crippen LogP contribution >= 0.6 is 0 Å². The molecule has 5 heteroatoms. The zero-order chi connectivity index (χ0) is 13.7. The van der Waals surface area contributed by atoms with Gasteiger partial charge in [0.05, 0.1) is 6.54 Å². The largest absolute Gasteiger partial charge is 0.338 e. The normalized spacial score (nSPS) is 18.3. The molecule has 1 aliphatic rings. The van der Waals surface area contributed by atoms with E-state index in [2.05, 4.69) is 34.2 Å². The van der Waals surface area contributed by atoms with Crippen LogP contribution < -0.4 is 5.32 Å². The van der Waals surface area contributed by atoms with Crippen LogP contribution in [0.2, 0.25) is 0 Å². The second-order valence-corrected chi connectivity index (χ2v) is 5.81. The second kappa shape index (κ2) is 7.01. The van der Waals surface area contributed by atoms with Gasteiger partial charge >= 0.3 is 0 Å². The van der Waals surface area contributed by atoms with Crippen LogP contribution in [0.1, 0.15) is 50.7 Å². The minimum Gasteiger partial charge on any atom is -0.338 e. The van der Waals surface area contributed by atoms with E-state index < -0.39 is 0 Å². The fraction of sp³-hybridized carbons (Fsp3) is 0.857. The number of hydrogen-bond acceptors (Lipinski definition) is 5. The Bertz CT molecular complexity index is 369. The van der Waals surface area contributed by atoms with Gasteiger partial charge in [0, 0.05) is 5.92 Å². The molecule has 1 aliphatic heterocycles. The third kappa shape index (κ3) is 4.28. The fourth-order valence-electron chi connectivity index (χ4n) is 2.54. The molecule has 108 valence electrons. The minimum absolute atomic E-state index is 0.338. The number of rotatable bonds is 6. The molecule has 2 rings (SSSR count). The van der Waals surface area contributed by atoms with Crippen molar-refractivity contribution in [2.24, 2.45) is 5.92 Å². The number of nitrogens with one attached hydrogen (secondary N) is 1. The molecule has 1 aromatic rings. The summed E-state index contributed by atoms with van der Waals surface area (Å²) in [5.41, 5.74) is 0. The summed E-state index contributed by atoms with van der Waals surface area (Å²) < 4.78 is 5.31. The Balaban J connectivity index is 1.75. The zero-order valence-corrected chi connectivity index (χ0v) is 12.4. The van der Waals surface area contributed by atoms with E-state index in [0.717, 1.165) is 43.8 Å². The molecule has 19 heavy (non-hydrogen) atoms. The van der Waals surface area contributed by atoms with Crippen molar-refractivity contribution in [2.45, 2.75) is 45.6 Å². The summed E-state index contributed by atoms with van der Waals surface area (Å²) in [6.07, 6.45) is 3.86. The average molecular weight is 266 g/mol. The molecule has 2 heterocycles. The lowest BCUT2D eigenvalue weighted by molar-refractivity contribution is 0.155. The standard InChI is InChI=1S/C14H26N4O/c1-11(2)14-16-13(19-17-14)10-18-8-5-12(6-9-18)4-7-15-3/h11-12,15H,4-10H2,1-3H3. The zero-order valence-electron chi connectivity index (χ0n) is 12.4. The number of nitrogens with zero attached hydrogens (tertiary/aromatic N) is 3. The monoisotopic (exact) mass is 266 g/mol. The first kappa shape index (κ1) is 14.5. The lowest BCUT2D eigenvalue weighted by Crippen LogP contribution is -2.34. The van der Waals surface area contributed by atoms with E-state index in [9.17, 15) is 0 Å². The predicted octanol–water partition coefficient (Wildman–Crippen LogP) is 2.01. The van der Waals surface area contributed by atoms with Crippen molar-refractivity contribution in [1.29, 1.82) is 0 Å². The molecule has 0 atom stereocenters. The van der Waals surface area contributed by atoms with Crippen LogP contribution in [0, 0.1) is 5.92 Å². The van der Waals surface area contributed by atoms with Gasteiger partial charge < -0.3 is 9.84 Å². The van der Waals surface area contributed by atoms with Gasteiger partial charge in [0.25, 0.3) is 0 Å². The predicted molar refractivity (Wildman–Crippen MR) is 74.9 cm³/mol. The van der Waals surface area contributed by atoms with Crippen LogP contribution in [-0.2, 0) is 6.54 Å². The molecule has 5 nitrogen and oxygen atoms in total. The van der Waals surface area contributed by atoms with E-state index in [1.807, 2.05) is 7.05 Å². The molecule has 1 saturated heterocycles. The van der Waals surface area contributed by atoms with E-state index in [1.54, 1.807) is 0 Å². The molecule has 1 aromatic heterocycles. The maximum absolute atomic E-state index is 5.31. The minimum atomic E-state index is 0.338. The summed E-state index contributed by atoms with van der Waals surface area (Å²) in [7, 11) is 2.02. The molecule has 0 amide bonds. The first-order valence-electron chi connectivity index (χ1n) is 7.38. The molecule has 0 aliphatic carbocycles. The van der Waals surface area contributed by atoms with Crippen LogP contribution in [-0.4, -0.2) is 41.7 Å². The molecule has 0 unspecified atom stereocenters. The number of aromatic nitrogens is 2. The molecule has 0 spiro atoms. The van der Waals surface area contributed by atoms with E-state index in [0.29, 0.717) is 5.92 Å². The van der Waals surface area contributed by atoms with E-state index >= 15 is 0 Å². The van der Waals surface area contributed by atoms with Gasteiger partial charge in [-0.15, -0.1) is 0 Å². The molecule has 0 aromatic carbocycles. The topological polar surface area (TPSA) is 54.2 Å². The van der Waals surface area contributed by atoms with Crippen molar-refractivity contribution in [2.75, 3.05) is 26.7 Å². The number of hydrogen-bond donors (Lipinski definition) is 1. The maximum Gasteiger partial charge on any atom is 0.240 e. The summed E-state index contributed by atoms with van der Waals surface area (Å²) in [6.45, 7) is 8.40. The Kier molecular flexibility index (Phi) is 5.34. The summed E-state index contributed by atoms with van der Waals surface area (Å²) >= 11 is 0. The maximum atomic E-state index is 5.31. The highest BCUT2D eigenvalue weighted by molar-refractivity contribution is 4.92. The summed E-state index contributed by atoms with van der Waals surface area (Å²) in [6, 6.07) is 0. The summed E-state index contributed by atoms with van der Waals surface area (Å²) in [5, 5.41) is 7.25. The Morgan fingerprint density at radius 2 is 2.11 bits per heavy atom. The van der Waals surface area contributed by atoms with Crippen LogP contribution in [0.5, 0.6) is 0 Å². The third-order valence-electron chi connectivity index (χ3n) is 3.87. The fourth-order valence-corrected chi connectivity index (χ4v) is 2.54. The molecule has 0 bridgehead atoms. The molecular weight excluding hydrogens is 240 g/mol.